The molecule has 1 fully saturated rings. The van der Waals surface area contributed by atoms with Gasteiger partial charge in [-0.1, -0.05) is 13.8 Å². The van der Waals surface area contributed by atoms with Crippen LogP contribution >= 0.6 is 0 Å². The minimum absolute atomic E-state index is 0.180. The summed E-state index contributed by atoms with van der Waals surface area (Å²) in [5, 5.41) is 12.5. The van der Waals surface area contributed by atoms with Crippen LogP contribution in [0.1, 0.15) is 47.0 Å². The molecular formula is C13H24N2. The highest BCUT2D eigenvalue weighted by Crippen LogP contribution is 2.31. The van der Waals surface area contributed by atoms with Gasteiger partial charge in [-0.3, -0.25) is 0 Å². The molecule has 0 aromatic carbocycles. The highest BCUT2D eigenvalue weighted by molar-refractivity contribution is 4.92. The second-order valence-electron chi connectivity index (χ2n) is 5.72. The van der Waals surface area contributed by atoms with Crippen LogP contribution in [-0.2, 0) is 0 Å². The number of rotatable bonds is 4. The standard InChI is InChI=1S/C13H24N2/c1-10-5-6-12(11(10)2)15-8-7-13(3,4)9-14/h10-12,15H,5-8H2,1-4H3. The lowest BCUT2D eigenvalue weighted by Gasteiger charge is -2.22. The highest BCUT2D eigenvalue weighted by atomic mass is 14.9. The van der Waals surface area contributed by atoms with E-state index in [1.807, 2.05) is 13.8 Å². The van der Waals surface area contributed by atoms with Crippen molar-refractivity contribution >= 4 is 0 Å². The molecule has 0 spiro atoms. The lowest BCUT2D eigenvalue weighted by atomic mass is 9.91. The van der Waals surface area contributed by atoms with Crippen LogP contribution in [0.5, 0.6) is 0 Å². The molecule has 0 bridgehead atoms. The predicted octanol–water partition coefficient (Wildman–Crippen LogP) is 2.95. The van der Waals surface area contributed by atoms with Gasteiger partial charge in [0.05, 0.1) is 11.5 Å². The lowest BCUT2D eigenvalue weighted by Crippen LogP contribution is -2.34. The minimum atomic E-state index is -0.180. The third-order valence-corrected chi connectivity index (χ3v) is 3.92. The molecule has 1 saturated carbocycles. The molecule has 0 amide bonds. The maximum atomic E-state index is 8.90. The zero-order chi connectivity index (χ0) is 11.5. The first-order chi connectivity index (χ1) is 6.96. The molecule has 2 heteroatoms. The minimum Gasteiger partial charge on any atom is -0.314 e. The van der Waals surface area contributed by atoms with E-state index in [-0.39, 0.29) is 5.41 Å². The van der Waals surface area contributed by atoms with Crippen molar-refractivity contribution in [2.45, 2.75) is 53.0 Å². The van der Waals surface area contributed by atoms with Gasteiger partial charge in [0.1, 0.15) is 0 Å². The summed E-state index contributed by atoms with van der Waals surface area (Å²) in [4.78, 5) is 0. The van der Waals surface area contributed by atoms with Crippen LogP contribution in [0.2, 0.25) is 0 Å². The summed E-state index contributed by atoms with van der Waals surface area (Å²) < 4.78 is 0. The molecule has 1 aliphatic carbocycles. The first-order valence-electron chi connectivity index (χ1n) is 6.11. The fourth-order valence-electron chi connectivity index (χ4n) is 2.28. The average Bonchev–Trinajstić information content (AvgIpc) is 2.49. The molecule has 1 aliphatic rings. The van der Waals surface area contributed by atoms with Gasteiger partial charge >= 0.3 is 0 Å². The van der Waals surface area contributed by atoms with E-state index in [9.17, 15) is 0 Å². The maximum Gasteiger partial charge on any atom is 0.0684 e. The van der Waals surface area contributed by atoms with Gasteiger partial charge < -0.3 is 5.32 Å². The lowest BCUT2D eigenvalue weighted by molar-refractivity contribution is 0.347. The summed E-state index contributed by atoms with van der Waals surface area (Å²) in [5.74, 6) is 1.64. The van der Waals surface area contributed by atoms with E-state index in [0.29, 0.717) is 6.04 Å². The summed E-state index contributed by atoms with van der Waals surface area (Å²) in [6.45, 7) is 9.67. The zero-order valence-corrected chi connectivity index (χ0v) is 10.5. The number of nitriles is 1. The van der Waals surface area contributed by atoms with E-state index in [4.69, 9.17) is 5.26 Å². The van der Waals surface area contributed by atoms with Gasteiger partial charge in [0.15, 0.2) is 0 Å². The number of nitrogens with one attached hydrogen (secondary N) is 1. The van der Waals surface area contributed by atoms with Crippen LogP contribution in [0, 0.1) is 28.6 Å². The van der Waals surface area contributed by atoms with Gasteiger partial charge in [-0.2, -0.15) is 5.26 Å². The van der Waals surface area contributed by atoms with Crippen molar-refractivity contribution < 1.29 is 0 Å². The van der Waals surface area contributed by atoms with Crippen LogP contribution in [0.4, 0.5) is 0 Å². The van der Waals surface area contributed by atoms with Crippen molar-refractivity contribution in [3.05, 3.63) is 0 Å². The molecule has 1 N–H and O–H groups in total. The fraction of sp³-hybridized carbons (Fsp3) is 0.923. The zero-order valence-electron chi connectivity index (χ0n) is 10.5. The quantitative estimate of drug-likeness (QED) is 0.771. The van der Waals surface area contributed by atoms with Gasteiger partial charge in [0, 0.05) is 6.04 Å². The molecule has 0 saturated heterocycles. The maximum absolute atomic E-state index is 8.90. The largest absolute Gasteiger partial charge is 0.314 e. The van der Waals surface area contributed by atoms with Crippen LogP contribution in [0.25, 0.3) is 0 Å². The monoisotopic (exact) mass is 208 g/mol. The molecule has 0 aromatic rings. The Morgan fingerprint density at radius 3 is 2.47 bits per heavy atom. The van der Waals surface area contributed by atoms with Crippen molar-refractivity contribution in [2.24, 2.45) is 17.3 Å². The molecule has 3 unspecified atom stereocenters. The van der Waals surface area contributed by atoms with Crippen molar-refractivity contribution in [2.75, 3.05) is 6.54 Å². The van der Waals surface area contributed by atoms with Gasteiger partial charge in [0.25, 0.3) is 0 Å². The second kappa shape index (κ2) is 4.99. The summed E-state index contributed by atoms with van der Waals surface area (Å²) in [6.07, 6.45) is 3.59. The Morgan fingerprint density at radius 2 is 2.00 bits per heavy atom. The summed E-state index contributed by atoms with van der Waals surface area (Å²) >= 11 is 0. The van der Waals surface area contributed by atoms with Gasteiger partial charge in [-0.25, -0.2) is 0 Å². The van der Waals surface area contributed by atoms with Crippen LogP contribution < -0.4 is 5.32 Å². The van der Waals surface area contributed by atoms with Gasteiger partial charge in [-0.15, -0.1) is 0 Å². The van der Waals surface area contributed by atoms with E-state index < -0.39 is 0 Å². The van der Waals surface area contributed by atoms with Gasteiger partial charge in [-0.05, 0) is 51.5 Å². The fourth-order valence-corrected chi connectivity index (χ4v) is 2.28. The Morgan fingerprint density at radius 1 is 1.33 bits per heavy atom. The number of hydrogen-bond donors (Lipinski definition) is 1. The van der Waals surface area contributed by atoms with Crippen molar-refractivity contribution in [3.63, 3.8) is 0 Å². The molecule has 1 rings (SSSR count). The normalized spacial score (nSPS) is 31.5. The molecule has 0 heterocycles. The molecule has 0 aliphatic heterocycles. The number of hydrogen-bond acceptors (Lipinski definition) is 2. The molecule has 0 aromatic heterocycles. The Kier molecular flexibility index (Phi) is 4.16. The first-order valence-corrected chi connectivity index (χ1v) is 6.11. The molecule has 2 nitrogen and oxygen atoms in total. The number of nitrogens with zero attached hydrogens (tertiary/aromatic N) is 1. The van der Waals surface area contributed by atoms with Crippen LogP contribution in [-0.4, -0.2) is 12.6 Å². The SMILES string of the molecule is CC1CCC(NCCC(C)(C)C#N)C1C. The Labute approximate surface area is 94.1 Å². The molecule has 86 valence electrons. The Bertz CT molecular complexity index is 239. The van der Waals surface area contributed by atoms with E-state index in [0.717, 1.165) is 24.8 Å². The van der Waals surface area contributed by atoms with Crippen molar-refractivity contribution in [3.8, 4) is 6.07 Å². The molecular weight excluding hydrogens is 184 g/mol. The molecule has 15 heavy (non-hydrogen) atoms. The van der Waals surface area contributed by atoms with Crippen LogP contribution in [0.3, 0.4) is 0 Å². The van der Waals surface area contributed by atoms with E-state index >= 15 is 0 Å². The Balaban J connectivity index is 2.25. The second-order valence-corrected chi connectivity index (χ2v) is 5.72. The Hall–Kier alpha value is -0.550. The van der Waals surface area contributed by atoms with Crippen molar-refractivity contribution in [1.82, 2.24) is 5.32 Å². The van der Waals surface area contributed by atoms with E-state index in [1.165, 1.54) is 12.8 Å². The smallest absolute Gasteiger partial charge is 0.0684 e. The predicted molar refractivity (Wildman–Crippen MR) is 63.4 cm³/mol. The first kappa shape index (κ1) is 12.5. The topological polar surface area (TPSA) is 35.8 Å². The third-order valence-electron chi connectivity index (χ3n) is 3.92. The summed E-state index contributed by atoms with van der Waals surface area (Å²) in [6, 6.07) is 3.02. The summed E-state index contributed by atoms with van der Waals surface area (Å²) in [5.41, 5.74) is -0.180. The summed E-state index contributed by atoms with van der Waals surface area (Å²) in [7, 11) is 0. The van der Waals surface area contributed by atoms with Crippen LogP contribution in [0.15, 0.2) is 0 Å². The average molecular weight is 208 g/mol. The molecule has 3 atom stereocenters. The molecule has 0 radical (unpaired) electrons. The third kappa shape index (κ3) is 3.50. The van der Waals surface area contributed by atoms with Gasteiger partial charge in [0.2, 0.25) is 0 Å². The van der Waals surface area contributed by atoms with Crippen molar-refractivity contribution in [1.29, 1.82) is 5.26 Å². The van der Waals surface area contributed by atoms with E-state index in [1.54, 1.807) is 0 Å². The van der Waals surface area contributed by atoms with E-state index in [2.05, 4.69) is 25.2 Å². The highest BCUT2D eigenvalue weighted by Gasteiger charge is 2.29.